The zero-order valence-electron chi connectivity index (χ0n) is 8.31. The van der Waals surface area contributed by atoms with Crippen LogP contribution in [0.4, 0.5) is 0 Å². The number of rotatable bonds is 2. The van der Waals surface area contributed by atoms with E-state index in [9.17, 15) is 4.91 Å². The minimum atomic E-state index is 0.202. The maximum atomic E-state index is 10.5. The smallest absolute Gasteiger partial charge is 0.0752 e. The summed E-state index contributed by atoms with van der Waals surface area (Å²) in [4.78, 5) is 10.5. The number of aryl methyl sites for hydroxylation is 1. The molecule has 3 nitrogen and oxygen atoms in total. The van der Waals surface area contributed by atoms with E-state index in [4.69, 9.17) is 0 Å². The minimum Gasteiger partial charge on any atom is -0.253 e. The quantitative estimate of drug-likeness (QED) is 0.672. The first-order chi connectivity index (χ1) is 6.81. The van der Waals surface area contributed by atoms with Crippen LogP contribution in [0.25, 0.3) is 0 Å². The van der Waals surface area contributed by atoms with Gasteiger partial charge in [0.2, 0.25) is 0 Å². The second kappa shape index (κ2) is 3.78. The van der Waals surface area contributed by atoms with Crippen molar-refractivity contribution in [3.8, 4) is 0 Å². The Morgan fingerprint density at radius 3 is 2.71 bits per heavy atom. The molecule has 0 spiro atoms. The van der Waals surface area contributed by atoms with E-state index in [0.717, 1.165) is 19.4 Å². The van der Waals surface area contributed by atoms with Crippen LogP contribution in [0.3, 0.4) is 0 Å². The van der Waals surface area contributed by atoms with Crippen molar-refractivity contribution in [1.29, 1.82) is 0 Å². The number of benzene rings is 1. The van der Waals surface area contributed by atoms with Crippen molar-refractivity contribution < 1.29 is 0 Å². The predicted molar refractivity (Wildman–Crippen MR) is 55.7 cm³/mol. The Balaban J connectivity index is 2.21. The highest BCUT2D eigenvalue weighted by Gasteiger charge is 2.25. The summed E-state index contributed by atoms with van der Waals surface area (Å²) in [6, 6.07) is 8.54. The Morgan fingerprint density at radius 1 is 1.36 bits per heavy atom. The fourth-order valence-electron chi connectivity index (χ4n) is 1.98. The predicted octanol–water partition coefficient (Wildman–Crippen LogP) is 2.81. The number of hydrogen-bond donors (Lipinski definition) is 0. The molecule has 74 valence electrons. The molecule has 14 heavy (non-hydrogen) atoms. The van der Waals surface area contributed by atoms with Gasteiger partial charge in [-0.1, -0.05) is 29.8 Å². The summed E-state index contributed by atoms with van der Waals surface area (Å²) in [7, 11) is 0. The average molecular weight is 190 g/mol. The van der Waals surface area contributed by atoms with Crippen LogP contribution in [0.15, 0.2) is 29.6 Å². The highest BCUT2D eigenvalue weighted by Crippen LogP contribution is 2.31. The molecule has 0 saturated carbocycles. The minimum absolute atomic E-state index is 0.202. The first kappa shape index (κ1) is 9.19. The molecule has 1 saturated heterocycles. The second-order valence-electron chi connectivity index (χ2n) is 3.81. The molecule has 0 bridgehead atoms. The third-order valence-electron chi connectivity index (χ3n) is 2.79. The summed E-state index contributed by atoms with van der Waals surface area (Å²) in [5.74, 6) is 0. The topological polar surface area (TPSA) is 32.7 Å². The highest BCUT2D eigenvalue weighted by atomic mass is 16.3. The Kier molecular flexibility index (Phi) is 2.48. The standard InChI is InChI=1S/C11H14N2O/c1-9-4-6-10(7-5-9)11-3-2-8-13(11)12-14/h4-7,11H,2-3,8H2,1H3. The van der Waals surface area contributed by atoms with E-state index in [1.165, 1.54) is 11.1 Å². The van der Waals surface area contributed by atoms with E-state index in [1.807, 2.05) is 0 Å². The Labute approximate surface area is 83.7 Å². The lowest BCUT2D eigenvalue weighted by atomic mass is 10.0. The van der Waals surface area contributed by atoms with E-state index in [0.29, 0.717) is 0 Å². The van der Waals surface area contributed by atoms with Crippen LogP contribution in [-0.2, 0) is 0 Å². The summed E-state index contributed by atoms with van der Waals surface area (Å²) in [5, 5.41) is 4.69. The summed E-state index contributed by atoms with van der Waals surface area (Å²) >= 11 is 0. The first-order valence-electron chi connectivity index (χ1n) is 4.98. The molecule has 1 aliphatic rings. The maximum absolute atomic E-state index is 10.5. The van der Waals surface area contributed by atoms with Gasteiger partial charge in [-0.25, -0.2) is 0 Å². The third kappa shape index (κ3) is 1.62. The molecule has 1 aliphatic heterocycles. The first-order valence-corrected chi connectivity index (χ1v) is 4.98. The molecule has 0 amide bonds. The molecule has 1 atom stereocenters. The highest BCUT2D eigenvalue weighted by molar-refractivity contribution is 5.24. The summed E-state index contributed by atoms with van der Waals surface area (Å²) in [6.45, 7) is 2.86. The second-order valence-corrected chi connectivity index (χ2v) is 3.81. The molecule has 3 heteroatoms. The normalized spacial score (nSPS) is 21.2. The fraction of sp³-hybridized carbons (Fsp3) is 0.455. The van der Waals surface area contributed by atoms with Gasteiger partial charge in [0, 0.05) is 6.54 Å². The van der Waals surface area contributed by atoms with Gasteiger partial charge in [-0.3, -0.25) is 5.01 Å². The number of nitrogens with zero attached hydrogens (tertiary/aromatic N) is 2. The van der Waals surface area contributed by atoms with Crippen molar-refractivity contribution in [3.63, 3.8) is 0 Å². The molecular weight excluding hydrogens is 176 g/mol. The van der Waals surface area contributed by atoms with Crippen LogP contribution >= 0.6 is 0 Å². The Hall–Kier alpha value is -1.38. The van der Waals surface area contributed by atoms with E-state index >= 15 is 0 Å². The zero-order valence-corrected chi connectivity index (χ0v) is 8.31. The number of hydrogen-bond acceptors (Lipinski definition) is 2. The van der Waals surface area contributed by atoms with Crippen LogP contribution in [-0.4, -0.2) is 11.6 Å². The lowest BCUT2D eigenvalue weighted by Gasteiger charge is -2.18. The molecule has 1 unspecified atom stereocenters. The van der Waals surface area contributed by atoms with Crippen molar-refractivity contribution in [2.45, 2.75) is 25.8 Å². The SMILES string of the molecule is Cc1ccc(C2CCCN2N=O)cc1. The molecule has 0 aromatic heterocycles. The van der Waals surface area contributed by atoms with Gasteiger partial charge in [0.1, 0.15) is 0 Å². The third-order valence-corrected chi connectivity index (χ3v) is 2.79. The van der Waals surface area contributed by atoms with Crippen LogP contribution in [0, 0.1) is 11.8 Å². The van der Waals surface area contributed by atoms with Gasteiger partial charge in [0.15, 0.2) is 0 Å². The van der Waals surface area contributed by atoms with Crippen LogP contribution in [0.5, 0.6) is 0 Å². The van der Waals surface area contributed by atoms with Crippen LogP contribution in [0.2, 0.25) is 0 Å². The van der Waals surface area contributed by atoms with Crippen LogP contribution in [0.1, 0.15) is 30.0 Å². The van der Waals surface area contributed by atoms with Crippen molar-refractivity contribution >= 4 is 0 Å². The molecule has 1 fully saturated rings. The van der Waals surface area contributed by atoms with E-state index in [-0.39, 0.29) is 6.04 Å². The molecule has 0 radical (unpaired) electrons. The maximum Gasteiger partial charge on any atom is 0.0752 e. The van der Waals surface area contributed by atoms with Crippen molar-refractivity contribution in [2.75, 3.05) is 6.54 Å². The van der Waals surface area contributed by atoms with Gasteiger partial charge >= 0.3 is 0 Å². The number of nitroso groups, excluding NO2 is 1. The summed E-state index contributed by atoms with van der Waals surface area (Å²) in [6.07, 6.45) is 2.10. The molecule has 0 N–H and O–H groups in total. The zero-order chi connectivity index (χ0) is 9.97. The lowest BCUT2D eigenvalue weighted by molar-refractivity contribution is 0.267. The van der Waals surface area contributed by atoms with E-state index in [2.05, 4.69) is 36.5 Å². The van der Waals surface area contributed by atoms with Crippen molar-refractivity contribution in [2.24, 2.45) is 5.29 Å². The fourth-order valence-corrected chi connectivity index (χ4v) is 1.98. The van der Waals surface area contributed by atoms with Gasteiger partial charge in [-0.15, -0.1) is 4.91 Å². The van der Waals surface area contributed by atoms with Crippen molar-refractivity contribution in [3.05, 3.63) is 40.3 Å². The molecule has 1 heterocycles. The van der Waals surface area contributed by atoms with Gasteiger partial charge in [0.25, 0.3) is 0 Å². The van der Waals surface area contributed by atoms with Gasteiger partial charge in [0.05, 0.1) is 11.3 Å². The summed E-state index contributed by atoms with van der Waals surface area (Å²) in [5.41, 5.74) is 2.45. The van der Waals surface area contributed by atoms with Gasteiger partial charge < -0.3 is 0 Å². The molecule has 1 aromatic rings. The lowest BCUT2D eigenvalue weighted by Crippen LogP contribution is -2.15. The van der Waals surface area contributed by atoms with Gasteiger partial charge in [-0.05, 0) is 25.3 Å². The van der Waals surface area contributed by atoms with E-state index in [1.54, 1.807) is 5.01 Å². The molecule has 2 rings (SSSR count). The molecular formula is C11H14N2O. The molecule has 0 aliphatic carbocycles. The Morgan fingerprint density at radius 2 is 2.07 bits per heavy atom. The van der Waals surface area contributed by atoms with Crippen molar-refractivity contribution in [1.82, 2.24) is 5.01 Å². The average Bonchev–Trinajstić information content (AvgIpc) is 2.67. The molecule has 1 aromatic carbocycles. The summed E-state index contributed by atoms with van der Waals surface area (Å²) < 4.78 is 0. The monoisotopic (exact) mass is 190 g/mol. The Bertz CT molecular complexity index is 321. The van der Waals surface area contributed by atoms with Gasteiger partial charge in [-0.2, -0.15) is 0 Å². The van der Waals surface area contributed by atoms with Crippen LogP contribution < -0.4 is 0 Å². The van der Waals surface area contributed by atoms with E-state index < -0.39 is 0 Å². The largest absolute Gasteiger partial charge is 0.253 e.